The normalized spacial score (nSPS) is 21.8. The van der Waals surface area contributed by atoms with Crippen molar-refractivity contribution in [1.82, 2.24) is 15.1 Å². The van der Waals surface area contributed by atoms with E-state index >= 15 is 0 Å². The zero-order valence-corrected chi connectivity index (χ0v) is 33.3. The van der Waals surface area contributed by atoms with Crippen LogP contribution in [0.2, 0.25) is 0 Å². The van der Waals surface area contributed by atoms with Crippen LogP contribution >= 0.6 is 7.14 Å². The highest BCUT2D eigenvalue weighted by molar-refractivity contribution is 7.86. The first-order valence-corrected chi connectivity index (χ1v) is 22.3. The summed E-state index contributed by atoms with van der Waals surface area (Å²) < 4.78 is 73.1. The quantitative estimate of drug-likeness (QED) is 0.145. The van der Waals surface area contributed by atoms with Crippen molar-refractivity contribution in [2.24, 2.45) is 0 Å². The van der Waals surface area contributed by atoms with Gasteiger partial charge in [-0.1, -0.05) is 31.2 Å². The number of ether oxygens (including phenoxy) is 4. The van der Waals surface area contributed by atoms with Crippen LogP contribution in [0.5, 0.6) is 23.0 Å². The van der Waals surface area contributed by atoms with Gasteiger partial charge in [0.2, 0.25) is 5.91 Å². The van der Waals surface area contributed by atoms with Gasteiger partial charge in [-0.15, -0.1) is 0 Å². The van der Waals surface area contributed by atoms with E-state index in [2.05, 4.69) is 18.5 Å². The summed E-state index contributed by atoms with van der Waals surface area (Å²) in [4.78, 5) is 42.8. The van der Waals surface area contributed by atoms with Crippen molar-refractivity contribution in [3.05, 3.63) is 70.8 Å². The van der Waals surface area contributed by atoms with Crippen molar-refractivity contribution in [3.8, 4) is 23.0 Å². The largest absolute Gasteiger partial charge is 0.493 e. The topological polar surface area (TPSA) is 178 Å². The summed E-state index contributed by atoms with van der Waals surface area (Å²) in [7, 11) is -4.81. The zero-order valence-electron chi connectivity index (χ0n) is 31.6. The predicted molar refractivity (Wildman–Crippen MR) is 207 cm³/mol. The first kappa shape index (κ1) is 40.3. The summed E-state index contributed by atoms with van der Waals surface area (Å²) in [6, 6.07) is 5.91. The molecule has 0 aliphatic carbocycles. The number of aryl methyl sites for hydroxylation is 1. The minimum atomic E-state index is -4.54. The Morgan fingerprint density at radius 1 is 0.873 bits per heavy atom. The van der Waals surface area contributed by atoms with E-state index in [1.807, 2.05) is 17.9 Å². The molecule has 3 amide bonds. The Bertz CT molecular complexity index is 2050. The summed E-state index contributed by atoms with van der Waals surface area (Å²) in [6.07, 6.45) is 3.37. The summed E-state index contributed by atoms with van der Waals surface area (Å²) in [5.74, 6) is 0.563. The second-order valence-electron chi connectivity index (χ2n) is 14.8. The summed E-state index contributed by atoms with van der Waals surface area (Å²) >= 11 is 0. The van der Waals surface area contributed by atoms with Gasteiger partial charge in [0.25, 0.3) is 21.9 Å². The van der Waals surface area contributed by atoms with Gasteiger partial charge >= 0.3 is 0 Å². The van der Waals surface area contributed by atoms with Gasteiger partial charge in [-0.3, -0.25) is 18.9 Å². The fraction of sp³-hybridized carbons (Fsp3) is 0.513. The molecule has 4 aliphatic rings. The van der Waals surface area contributed by atoms with E-state index in [4.69, 9.17) is 18.9 Å². The molecule has 2 saturated heterocycles. The van der Waals surface area contributed by atoms with Crippen LogP contribution in [0.1, 0.15) is 70.9 Å². The average molecular weight is 800 g/mol. The molecule has 2 N–H and O–H groups in total. The average Bonchev–Trinajstić information content (AvgIpc) is 3.66. The van der Waals surface area contributed by atoms with Gasteiger partial charge in [0.15, 0.2) is 23.0 Å². The number of hydrogen-bond donors (Lipinski definition) is 2. The fourth-order valence-corrected chi connectivity index (χ4v) is 10.9. The molecule has 14 nitrogen and oxygen atoms in total. The number of amides is 3. The smallest absolute Gasteiger partial charge is 0.270 e. The van der Waals surface area contributed by atoms with Gasteiger partial charge in [-0.25, -0.2) is 0 Å². The molecule has 0 spiro atoms. The van der Waals surface area contributed by atoms with Gasteiger partial charge in [0.05, 0.1) is 39.8 Å². The molecule has 55 heavy (non-hydrogen) atoms. The highest BCUT2D eigenvalue weighted by Crippen LogP contribution is 2.45. The van der Waals surface area contributed by atoms with Crippen LogP contribution in [0.15, 0.2) is 48.6 Å². The molecular formula is C39H50N3O11PS. The van der Waals surface area contributed by atoms with E-state index in [-0.39, 0.29) is 92.5 Å². The SMILES string of the molecule is C=C1C[C@H]2CCc3cc(OCCP(=O)(CCOc4cc5c(cc4OC)C(=O)N4CC(=C)C[C@H]4C(S(=O)(=O)O)C5)CNC(=O)CCC)c(OC)cc3C(=O)N2C1. The summed E-state index contributed by atoms with van der Waals surface area (Å²) in [5.41, 5.74) is 3.78. The van der Waals surface area contributed by atoms with Gasteiger partial charge in [0.1, 0.15) is 12.4 Å². The Balaban J connectivity index is 1.17. The van der Waals surface area contributed by atoms with Gasteiger partial charge in [-0.2, -0.15) is 8.42 Å². The summed E-state index contributed by atoms with van der Waals surface area (Å²) in [5, 5.41) is 1.53. The Hall–Kier alpha value is -4.33. The third kappa shape index (κ3) is 8.74. The maximum Gasteiger partial charge on any atom is 0.270 e. The summed E-state index contributed by atoms with van der Waals surface area (Å²) in [6.45, 7) is 10.6. The van der Waals surface area contributed by atoms with Crippen molar-refractivity contribution in [2.45, 2.75) is 69.2 Å². The lowest BCUT2D eigenvalue weighted by Crippen LogP contribution is -2.44. The molecule has 4 atom stereocenters. The molecule has 16 heteroatoms. The first-order valence-electron chi connectivity index (χ1n) is 18.6. The van der Waals surface area contributed by atoms with Crippen molar-refractivity contribution in [3.63, 3.8) is 0 Å². The molecule has 4 heterocycles. The number of nitrogens with one attached hydrogen (secondary N) is 1. The monoisotopic (exact) mass is 799 g/mol. The highest BCUT2D eigenvalue weighted by Gasteiger charge is 2.46. The van der Waals surface area contributed by atoms with Crippen molar-refractivity contribution >= 4 is 35.0 Å². The van der Waals surface area contributed by atoms with E-state index in [0.717, 1.165) is 24.0 Å². The van der Waals surface area contributed by atoms with E-state index in [1.165, 1.54) is 31.3 Å². The molecule has 298 valence electrons. The van der Waals surface area contributed by atoms with Gasteiger partial charge < -0.3 is 38.6 Å². The number of benzene rings is 2. The van der Waals surface area contributed by atoms with Crippen LogP contribution < -0.4 is 24.3 Å². The molecule has 2 unspecified atom stereocenters. The number of hydrogen-bond acceptors (Lipinski definition) is 10. The molecule has 2 aromatic rings. The zero-order chi connectivity index (χ0) is 39.7. The minimum absolute atomic E-state index is 0.0317. The van der Waals surface area contributed by atoms with Crippen LogP contribution in [0.3, 0.4) is 0 Å². The lowest BCUT2D eigenvalue weighted by atomic mass is 9.99. The second kappa shape index (κ2) is 16.4. The Morgan fingerprint density at radius 2 is 1.44 bits per heavy atom. The third-order valence-electron chi connectivity index (χ3n) is 10.9. The van der Waals surface area contributed by atoms with Crippen LogP contribution in [-0.4, -0.2) is 117 Å². The van der Waals surface area contributed by atoms with E-state index in [9.17, 15) is 31.9 Å². The van der Waals surface area contributed by atoms with Crippen LogP contribution in [0.4, 0.5) is 0 Å². The maximum absolute atomic E-state index is 14.4. The number of carbonyl (C=O) groups is 3. The second-order valence-corrected chi connectivity index (χ2v) is 19.8. The molecule has 0 radical (unpaired) electrons. The highest BCUT2D eigenvalue weighted by atomic mass is 32.2. The Morgan fingerprint density at radius 3 is 2.04 bits per heavy atom. The lowest BCUT2D eigenvalue weighted by Gasteiger charge is -2.26. The number of methoxy groups -OCH3 is 2. The predicted octanol–water partition coefficient (Wildman–Crippen LogP) is 4.70. The maximum atomic E-state index is 14.4. The van der Waals surface area contributed by atoms with E-state index in [1.54, 1.807) is 6.07 Å². The van der Waals surface area contributed by atoms with Crippen molar-refractivity contribution in [1.29, 1.82) is 0 Å². The number of nitrogens with zero attached hydrogens (tertiary/aromatic N) is 2. The van der Waals surface area contributed by atoms with Crippen LogP contribution in [0, 0.1) is 0 Å². The number of fused-ring (bicyclic) bond motifs is 4. The standard InChI is InChI=1S/C39H50N3O11PS/c1-6-7-37(43)40-23-54(46,12-10-52-34-16-26-8-9-28-14-24(2)21-41(28)38(44)29(26)19-32(34)50-4)13-11-53-35-17-27-18-36(55(47,48)49)31-15-25(3)22-42(31)39(45)30(27)20-33(35)51-5/h16-17,19-20,28,31,36H,2-3,6-15,18,21-23H2,1,4-5H3,(H,40,43)(H,47,48,49)/t28-,31+,36?,54?/m1/s1. The third-order valence-corrected chi connectivity index (χ3v) is 14.9. The molecule has 2 fully saturated rings. The van der Waals surface area contributed by atoms with Crippen molar-refractivity contribution in [2.75, 3.05) is 59.1 Å². The van der Waals surface area contributed by atoms with Gasteiger partial charge in [-0.05, 0) is 73.9 Å². The number of rotatable bonds is 15. The molecule has 0 bridgehead atoms. The lowest BCUT2D eigenvalue weighted by molar-refractivity contribution is -0.120. The van der Waals surface area contributed by atoms with Gasteiger partial charge in [0, 0.05) is 49.0 Å². The molecule has 6 rings (SSSR count). The Kier molecular flexibility index (Phi) is 12.0. The fourth-order valence-electron chi connectivity index (χ4n) is 8.03. The Labute approximate surface area is 322 Å². The van der Waals surface area contributed by atoms with Crippen LogP contribution in [-0.2, 0) is 32.3 Å². The van der Waals surface area contributed by atoms with Crippen molar-refractivity contribution < 1.29 is 50.9 Å². The van der Waals surface area contributed by atoms with E-state index in [0.29, 0.717) is 47.6 Å². The molecule has 4 aliphatic heterocycles. The van der Waals surface area contributed by atoms with Crippen LogP contribution in [0.25, 0.3) is 0 Å². The first-order chi connectivity index (χ1) is 26.1. The molecule has 0 aromatic heterocycles. The van der Waals surface area contributed by atoms with E-state index < -0.39 is 34.5 Å². The number of carbonyl (C=O) groups excluding carboxylic acids is 3. The molecule has 0 saturated carbocycles. The minimum Gasteiger partial charge on any atom is -0.493 e. The molecular weight excluding hydrogens is 749 g/mol. The molecule has 2 aromatic carbocycles.